The van der Waals surface area contributed by atoms with Gasteiger partial charge in [-0.1, -0.05) is 18.2 Å². The summed E-state index contributed by atoms with van der Waals surface area (Å²) in [6.45, 7) is 0.629. The molecule has 0 spiro atoms. The zero-order valence-electron chi connectivity index (χ0n) is 10.3. The van der Waals surface area contributed by atoms with E-state index < -0.39 is 5.95 Å². The van der Waals surface area contributed by atoms with E-state index >= 15 is 0 Å². The van der Waals surface area contributed by atoms with Gasteiger partial charge in [-0.3, -0.25) is 4.79 Å². The van der Waals surface area contributed by atoms with Gasteiger partial charge in [-0.25, -0.2) is 4.98 Å². The number of nitrogens with zero attached hydrogens (tertiary/aromatic N) is 1. The number of nitrogens with two attached hydrogens (primary N) is 1. The molecule has 1 amide bonds. The first kappa shape index (κ1) is 13.2. The molecular formula is C14H14FN3O. The zero-order chi connectivity index (χ0) is 13.7. The number of nitrogens with one attached hydrogen (secondary N) is 1. The molecule has 4 nitrogen and oxygen atoms in total. The van der Waals surface area contributed by atoms with Gasteiger partial charge in [0, 0.05) is 12.1 Å². The zero-order valence-corrected chi connectivity index (χ0v) is 10.3. The van der Waals surface area contributed by atoms with Crippen molar-refractivity contribution in [2.24, 2.45) is 5.73 Å². The van der Waals surface area contributed by atoms with Crippen molar-refractivity contribution >= 4 is 5.91 Å². The fourth-order valence-corrected chi connectivity index (χ4v) is 1.61. The van der Waals surface area contributed by atoms with E-state index in [-0.39, 0.29) is 12.5 Å². The van der Waals surface area contributed by atoms with Crippen LogP contribution in [0.15, 0.2) is 42.5 Å². The Bertz CT molecular complexity index is 569. The summed E-state index contributed by atoms with van der Waals surface area (Å²) in [5, 5.41) is 2.68. The third kappa shape index (κ3) is 3.59. The van der Waals surface area contributed by atoms with E-state index in [1.807, 2.05) is 0 Å². The summed E-state index contributed by atoms with van der Waals surface area (Å²) in [4.78, 5) is 15.5. The molecule has 0 bridgehead atoms. The van der Waals surface area contributed by atoms with E-state index in [4.69, 9.17) is 5.73 Å². The fraction of sp³-hybridized carbons (Fsp3) is 0.143. The van der Waals surface area contributed by atoms with E-state index in [2.05, 4.69) is 10.3 Å². The Hall–Kier alpha value is -2.27. The number of pyridine rings is 1. The van der Waals surface area contributed by atoms with Crippen molar-refractivity contribution in [2.75, 3.05) is 0 Å². The summed E-state index contributed by atoms with van der Waals surface area (Å²) < 4.78 is 12.9. The van der Waals surface area contributed by atoms with Crippen LogP contribution in [-0.4, -0.2) is 10.9 Å². The van der Waals surface area contributed by atoms with Gasteiger partial charge in [-0.15, -0.1) is 0 Å². The average Bonchev–Trinajstić information content (AvgIpc) is 2.45. The highest BCUT2D eigenvalue weighted by molar-refractivity contribution is 5.94. The maximum absolute atomic E-state index is 12.9. The molecule has 2 rings (SSSR count). The summed E-state index contributed by atoms with van der Waals surface area (Å²) in [6.07, 6.45) is 0. The van der Waals surface area contributed by atoms with Gasteiger partial charge < -0.3 is 11.1 Å². The molecule has 0 aliphatic rings. The molecule has 0 aliphatic carbocycles. The Kier molecular flexibility index (Phi) is 4.20. The number of aromatic nitrogens is 1. The number of carbonyl (C=O) groups excluding carboxylic acids is 1. The summed E-state index contributed by atoms with van der Waals surface area (Å²) in [5.74, 6) is -0.784. The monoisotopic (exact) mass is 259 g/mol. The van der Waals surface area contributed by atoms with Crippen LogP contribution in [0.3, 0.4) is 0 Å². The van der Waals surface area contributed by atoms with Crippen LogP contribution in [0.5, 0.6) is 0 Å². The average molecular weight is 259 g/mol. The molecule has 3 N–H and O–H groups in total. The van der Waals surface area contributed by atoms with Crippen LogP contribution in [0, 0.1) is 5.95 Å². The molecule has 0 saturated carbocycles. The minimum Gasteiger partial charge on any atom is -0.346 e. The Morgan fingerprint density at radius 3 is 2.58 bits per heavy atom. The third-order valence-corrected chi connectivity index (χ3v) is 2.65. The highest BCUT2D eigenvalue weighted by Gasteiger charge is 2.05. The first-order valence-corrected chi connectivity index (χ1v) is 5.87. The normalized spacial score (nSPS) is 10.2. The van der Waals surface area contributed by atoms with Crippen LogP contribution in [0.1, 0.15) is 21.6 Å². The maximum atomic E-state index is 12.9. The fourth-order valence-electron chi connectivity index (χ4n) is 1.61. The molecular weight excluding hydrogens is 245 g/mol. The number of hydrogen-bond acceptors (Lipinski definition) is 3. The van der Waals surface area contributed by atoms with E-state index in [0.29, 0.717) is 17.8 Å². The van der Waals surface area contributed by atoms with Crippen molar-refractivity contribution in [3.8, 4) is 0 Å². The minimum atomic E-state index is -0.556. The molecule has 1 aromatic carbocycles. The number of amides is 1. The lowest BCUT2D eigenvalue weighted by atomic mass is 10.1. The van der Waals surface area contributed by atoms with E-state index in [1.54, 1.807) is 36.4 Å². The maximum Gasteiger partial charge on any atom is 0.251 e. The highest BCUT2D eigenvalue weighted by Crippen LogP contribution is 2.04. The Labute approximate surface area is 110 Å². The lowest BCUT2D eigenvalue weighted by Gasteiger charge is -2.05. The van der Waals surface area contributed by atoms with Gasteiger partial charge in [0.15, 0.2) is 0 Å². The van der Waals surface area contributed by atoms with Crippen LogP contribution in [0.25, 0.3) is 0 Å². The molecule has 2 aromatic rings. The van der Waals surface area contributed by atoms with Crippen molar-refractivity contribution < 1.29 is 9.18 Å². The van der Waals surface area contributed by atoms with Crippen LogP contribution in [0.4, 0.5) is 4.39 Å². The summed E-state index contributed by atoms with van der Waals surface area (Å²) in [5.41, 5.74) is 7.46. The highest BCUT2D eigenvalue weighted by atomic mass is 19.1. The molecule has 1 aromatic heterocycles. The molecule has 0 radical (unpaired) electrons. The summed E-state index contributed by atoms with van der Waals surface area (Å²) >= 11 is 0. The van der Waals surface area contributed by atoms with E-state index in [9.17, 15) is 9.18 Å². The van der Waals surface area contributed by atoms with Crippen molar-refractivity contribution in [3.05, 3.63) is 65.2 Å². The van der Waals surface area contributed by atoms with E-state index in [1.165, 1.54) is 6.07 Å². The number of rotatable bonds is 4. The van der Waals surface area contributed by atoms with Crippen molar-refractivity contribution in [2.45, 2.75) is 13.1 Å². The SMILES string of the molecule is NCc1ccc(C(=O)NCc2cccc(F)n2)cc1. The quantitative estimate of drug-likeness (QED) is 0.820. The lowest BCUT2D eigenvalue weighted by molar-refractivity contribution is 0.0950. The molecule has 0 saturated heterocycles. The Balaban J connectivity index is 1.97. The van der Waals surface area contributed by atoms with Crippen LogP contribution in [-0.2, 0) is 13.1 Å². The molecule has 0 unspecified atom stereocenters. The van der Waals surface area contributed by atoms with Gasteiger partial charge in [-0.05, 0) is 29.8 Å². The lowest BCUT2D eigenvalue weighted by Crippen LogP contribution is -2.23. The Morgan fingerprint density at radius 2 is 1.95 bits per heavy atom. The first-order chi connectivity index (χ1) is 9.19. The molecule has 0 fully saturated rings. The van der Waals surface area contributed by atoms with Crippen LogP contribution < -0.4 is 11.1 Å². The minimum absolute atomic E-state index is 0.190. The van der Waals surface area contributed by atoms with Crippen molar-refractivity contribution in [1.29, 1.82) is 0 Å². The van der Waals surface area contributed by atoms with Crippen molar-refractivity contribution in [3.63, 3.8) is 0 Å². The topological polar surface area (TPSA) is 68.0 Å². The first-order valence-electron chi connectivity index (χ1n) is 5.87. The van der Waals surface area contributed by atoms with Crippen LogP contribution >= 0.6 is 0 Å². The molecule has 1 heterocycles. The predicted octanol–water partition coefficient (Wildman–Crippen LogP) is 1.61. The molecule has 0 atom stereocenters. The number of benzene rings is 1. The molecule has 98 valence electrons. The molecule has 5 heteroatoms. The van der Waals surface area contributed by atoms with Gasteiger partial charge >= 0.3 is 0 Å². The van der Waals surface area contributed by atoms with Gasteiger partial charge in [-0.2, -0.15) is 4.39 Å². The molecule has 19 heavy (non-hydrogen) atoms. The predicted molar refractivity (Wildman–Crippen MR) is 69.7 cm³/mol. The summed E-state index contributed by atoms with van der Waals surface area (Å²) in [7, 11) is 0. The Morgan fingerprint density at radius 1 is 1.21 bits per heavy atom. The van der Waals surface area contributed by atoms with Gasteiger partial charge in [0.2, 0.25) is 5.95 Å². The number of halogens is 1. The van der Waals surface area contributed by atoms with Gasteiger partial charge in [0.1, 0.15) is 0 Å². The number of hydrogen-bond donors (Lipinski definition) is 2. The molecule has 0 aliphatic heterocycles. The standard InChI is InChI=1S/C14H14FN3O/c15-13-3-1-2-12(18-13)9-17-14(19)11-6-4-10(8-16)5-7-11/h1-7H,8-9,16H2,(H,17,19). The van der Waals surface area contributed by atoms with Gasteiger partial charge in [0.05, 0.1) is 12.2 Å². The second kappa shape index (κ2) is 6.06. The van der Waals surface area contributed by atoms with Gasteiger partial charge in [0.25, 0.3) is 5.91 Å². The second-order valence-electron chi connectivity index (χ2n) is 4.04. The largest absolute Gasteiger partial charge is 0.346 e. The summed E-state index contributed by atoms with van der Waals surface area (Å²) in [6, 6.07) is 11.5. The number of carbonyl (C=O) groups is 1. The van der Waals surface area contributed by atoms with Crippen molar-refractivity contribution in [1.82, 2.24) is 10.3 Å². The van der Waals surface area contributed by atoms with Crippen LogP contribution in [0.2, 0.25) is 0 Å². The smallest absolute Gasteiger partial charge is 0.251 e. The third-order valence-electron chi connectivity index (χ3n) is 2.65. The van der Waals surface area contributed by atoms with E-state index in [0.717, 1.165) is 5.56 Å². The second-order valence-corrected chi connectivity index (χ2v) is 4.04.